The molecule has 1 aromatic carbocycles. The standard InChI is InChI=1S/C20H21F3N2O5S/c1-13-18(31(27,28)24-8-2-3-9-24)12-17(29-13)19(26)25-10-4-5-14-11-15(6-7-16(14)25)30-20(21,22)23/h6-7,11-12H,2-5,8-10H2,1H3. The van der Waals surface area contributed by atoms with Crippen molar-refractivity contribution in [3.8, 4) is 5.75 Å². The van der Waals surface area contributed by atoms with Gasteiger partial charge in [0.1, 0.15) is 16.4 Å². The second kappa shape index (κ2) is 7.86. The van der Waals surface area contributed by atoms with Crippen molar-refractivity contribution in [2.75, 3.05) is 24.5 Å². The molecule has 0 N–H and O–H groups in total. The fraction of sp³-hybridized carbons (Fsp3) is 0.450. The highest BCUT2D eigenvalue weighted by atomic mass is 32.2. The summed E-state index contributed by atoms with van der Waals surface area (Å²) in [5.41, 5.74) is 0.985. The third kappa shape index (κ3) is 4.29. The summed E-state index contributed by atoms with van der Waals surface area (Å²) in [6, 6.07) is 5.04. The predicted octanol–water partition coefficient (Wildman–Crippen LogP) is 3.86. The molecule has 2 aliphatic rings. The molecule has 1 fully saturated rings. The molecular weight excluding hydrogens is 437 g/mol. The summed E-state index contributed by atoms with van der Waals surface area (Å²) < 4.78 is 74.0. The van der Waals surface area contributed by atoms with Crippen LogP contribution in [0.4, 0.5) is 18.9 Å². The van der Waals surface area contributed by atoms with Crippen molar-refractivity contribution in [3.05, 3.63) is 41.3 Å². The van der Waals surface area contributed by atoms with Gasteiger partial charge in [-0.2, -0.15) is 4.31 Å². The van der Waals surface area contributed by atoms with Crippen molar-refractivity contribution in [1.29, 1.82) is 0 Å². The van der Waals surface area contributed by atoms with Gasteiger partial charge in [-0.25, -0.2) is 8.42 Å². The third-order valence-corrected chi connectivity index (χ3v) is 7.42. The first kappa shape index (κ1) is 21.7. The summed E-state index contributed by atoms with van der Waals surface area (Å²) >= 11 is 0. The molecule has 2 aliphatic heterocycles. The molecule has 0 bridgehead atoms. The van der Waals surface area contributed by atoms with Crippen LogP contribution in [0.5, 0.6) is 5.75 Å². The number of amides is 1. The van der Waals surface area contributed by atoms with E-state index in [2.05, 4.69) is 4.74 Å². The van der Waals surface area contributed by atoms with Gasteiger partial charge in [0.2, 0.25) is 10.0 Å². The average Bonchev–Trinajstić information content (AvgIpc) is 3.36. The van der Waals surface area contributed by atoms with Gasteiger partial charge in [-0.3, -0.25) is 4.79 Å². The Hall–Kier alpha value is -2.53. The zero-order valence-corrected chi connectivity index (χ0v) is 17.6. The zero-order valence-electron chi connectivity index (χ0n) is 16.7. The first-order valence-electron chi connectivity index (χ1n) is 9.87. The van der Waals surface area contributed by atoms with Crippen LogP contribution in [0.15, 0.2) is 33.6 Å². The van der Waals surface area contributed by atoms with Gasteiger partial charge in [-0.15, -0.1) is 13.2 Å². The fourth-order valence-corrected chi connectivity index (χ4v) is 5.69. The summed E-state index contributed by atoms with van der Waals surface area (Å²) in [5, 5.41) is 0. The number of fused-ring (bicyclic) bond motifs is 1. The third-order valence-electron chi connectivity index (χ3n) is 5.41. The number of nitrogens with zero attached hydrogens (tertiary/aromatic N) is 2. The Labute approximate surface area is 177 Å². The van der Waals surface area contributed by atoms with Crippen LogP contribution in [0.25, 0.3) is 0 Å². The molecule has 2 aromatic rings. The number of carbonyl (C=O) groups is 1. The van der Waals surface area contributed by atoms with Crippen molar-refractivity contribution >= 4 is 21.6 Å². The molecule has 168 valence electrons. The molecule has 4 rings (SSSR count). The number of sulfonamides is 1. The van der Waals surface area contributed by atoms with E-state index in [4.69, 9.17) is 4.42 Å². The number of hydrogen-bond acceptors (Lipinski definition) is 5. The lowest BCUT2D eigenvalue weighted by Gasteiger charge is -2.29. The SMILES string of the molecule is Cc1oc(C(=O)N2CCCc3cc(OC(F)(F)F)ccc32)cc1S(=O)(=O)N1CCCC1. The maximum Gasteiger partial charge on any atom is 0.573 e. The summed E-state index contributed by atoms with van der Waals surface area (Å²) in [6.07, 6.45) is -2.22. The van der Waals surface area contributed by atoms with E-state index >= 15 is 0 Å². The van der Waals surface area contributed by atoms with E-state index < -0.39 is 22.3 Å². The van der Waals surface area contributed by atoms with Crippen LogP contribution in [0.3, 0.4) is 0 Å². The lowest BCUT2D eigenvalue weighted by Crippen LogP contribution is -2.35. The summed E-state index contributed by atoms with van der Waals surface area (Å²) in [4.78, 5) is 14.5. The molecule has 0 saturated carbocycles. The monoisotopic (exact) mass is 458 g/mol. The Kier molecular flexibility index (Phi) is 5.50. The number of anilines is 1. The van der Waals surface area contributed by atoms with Crippen molar-refractivity contribution < 1.29 is 35.5 Å². The topological polar surface area (TPSA) is 80.1 Å². The van der Waals surface area contributed by atoms with E-state index in [0.29, 0.717) is 43.7 Å². The summed E-state index contributed by atoms with van der Waals surface area (Å²) in [5.74, 6) is -0.898. The maximum atomic E-state index is 13.1. The Bertz CT molecular complexity index is 1100. The maximum absolute atomic E-state index is 13.1. The van der Waals surface area contributed by atoms with Gasteiger partial charge >= 0.3 is 6.36 Å². The Morgan fingerprint density at radius 2 is 1.81 bits per heavy atom. The summed E-state index contributed by atoms with van der Waals surface area (Å²) in [6.45, 7) is 2.68. The Balaban J connectivity index is 1.62. The molecule has 0 radical (unpaired) electrons. The highest BCUT2D eigenvalue weighted by Crippen LogP contribution is 2.34. The van der Waals surface area contributed by atoms with E-state index in [1.165, 1.54) is 34.3 Å². The van der Waals surface area contributed by atoms with Crippen molar-refractivity contribution in [2.45, 2.75) is 43.9 Å². The van der Waals surface area contributed by atoms with Gasteiger partial charge in [0.25, 0.3) is 5.91 Å². The number of halogens is 3. The Morgan fingerprint density at radius 1 is 1.10 bits per heavy atom. The largest absolute Gasteiger partial charge is 0.573 e. The van der Waals surface area contributed by atoms with Gasteiger partial charge in [0.15, 0.2) is 5.76 Å². The first-order valence-corrected chi connectivity index (χ1v) is 11.3. The van der Waals surface area contributed by atoms with Crippen LogP contribution < -0.4 is 9.64 Å². The second-order valence-electron chi connectivity index (χ2n) is 7.54. The Morgan fingerprint density at radius 3 is 2.48 bits per heavy atom. The highest BCUT2D eigenvalue weighted by molar-refractivity contribution is 7.89. The molecule has 0 spiro atoms. The van der Waals surface area contributed by atoms with Crippen LogP contribution >= 0.6 is 0 Å². The van der Waals surface area contributed by atoms with Crippen LogP contribution in [0.1, 0.15) is 41.1 Å². The van der Waals surface area contributed by atoms with Crippen molar-refractivity contribution in [3.63, 3.8) is 0 Å². The van der Waals surface area contributed by atoms with E-state index in [9.17, 15) is 26.4 Å². The van der Waals surface area contributed by atoms with E-state index in [1.54, 1.807) is 0 Å². The molecule has 1 aromatic heterocycles. The predicted molar refractivity (Wildman–Crippen MR) is 105 cm³/mol. The van der Waals surface area contributed by atoms with Crippen molar-refractivity contribution in [2.24, 2.45) is 0 Å². The van der Waals surface area contributed by atoms with E-state index in [1.807, 2.05) is 0 Å². The number of alkyl halides is 3. The molecule has 0 aliphatic carbocycles. The smallest absolute Gasteiger partial charge is 0.455 e. The molecule has 7 nitrogen and oxygen atoms in total. The lowest BCUT2D eigenvalue weighted by atomic mass is 10.0. The van der Waals surface area contributed by atoms with Crippen LogP contribution in [-0.4, -0.2) is 44.6 Å². The van der Waals surface area contributed by atoms with Crippen LogP contribution in [0.2, 0.25) is 0 Å². The van der Waals surface area contributed by atoms with Gasteiger partial charge in [0, 0.05) is 31.4 Å². The van der Waals surface area contributed by atoms with Crippen molar-refractivity contribution in [1.82, 2.24) is 4.31 Å². The first-order chi connectivity index (χ1) is 14.6. The molecular formula is C20H21F3N2O5S. The number of furan rings is 1. The minimum atomic E-state index is -4.80. The number of aryl methyl sites for hydroxylation is 2. The van der Waals surface area contributed by atoms with E-state index in [0.717, 1.165) is 18.9 Å². The number of rotatable bonds is 4. The molecule has 0 atom stereocenters. The average molecular weight is 458 g/mol. The number of carbonyl (C=O) groups excluding carboxylic acids is 1. The number of benzene rings is 1. The highest BCUT2D eigenvalue weighted by Gasteiger charge is 2.34. The minimum Gasteiger partial charge on any atom is -0.455 e. The quantitative estimate of drug-likeness (QED) is 0.695. The van der Waals surface area contributed by atoms with Gasteiger partial charge in [0.05, 0.1) is 0 Å². The molecule has 31 heavy (non-hydrogen) atoms. The summed E-state index contributed by atoms with van der Waals surface area (Å²) in [7, 11) is -3.75. The van der Waals surface area contributed by atoms with Crippen LogP contribution in [0, 0.1) is 6.92 Å². The normalized spacial score (nSPS) is 17.6. The second-order valence-corrected chi connectivity index (χ2v) is 9.45. The molecule has 3 heterocycles. The van der Waals surface area contributed by atoms with Gasteiger partial charge in [-0.05, 0) is 56.4 Å². The van der Waals surface area contributed by atoms with E-state index in [-0.39, 0.29) is 22.2 Å². The molecule has 1 saturated heterocycles. The van der Waals surface area contributed by atoms with Gasteiger partial charge in [-0.1, -0.05) is 0 Å². The number of hydrogen-bond donors (Lipinski definition) is 0. The van der Waals surface area contributed by atoms with Gasteiger partial charge < -0.3 is 14.1 Å². The fourth-order valence-electron chi connectivity index (χ4n) is 4.01. The molecule has 11 heteroatoms. The molecule has 0 unspecified atom stereocenters. The lowest BCUT2D eigenvalue weighted by molar-refractivity contribution is -0.274. The molecule has 1 amide bonds. The minimum absolute atomic E-state index is 0.0380. The number of ether oxygens (including phenoxy) is 1. The zero-order chi connectivity index (χ0) is 22.4. The van der Waals surface area contributed by atoms with Crippen LogP contribution in [-0.2, 0) is 16.4 Å².